The van der Waals surface area contributed by atoms with Crippen LogP contribution in [-0.2, 0) is 6.54 Å². The first-order chi connectivity index (χ1) is 9.11. The molecule has 4 heteroatoms. The highest BCUT2D eigenvalue weighted by Crippen LogP contribution is 2.29. The Labute approximate surface area is 114 Å². The first kappa shape index (κ1) is 14.0. The molecule has 1 aromatic rings. The molecule has 0 spiro atoms. The van der Waals surface area contributed by atoms with Crippen molar-refractivity contribution in [3.05, 3.63) is 35.1 Å². The van der Waals surface area contributed by atoms with Crippen molar-refractivity contribution in [2.75, 3.05) is 6.54 Å². The number of amidine groups is 1. The van der Waals surface area contributed by atoms with Crippen molar-refractivity contribution in [3.8, 4) is 0 Å². The molecule has 0 radical (unpaired) electrons. The van der Waals surface area contributed by atoms with Crippen LogP contribution in [0.4, 0.5) is 4.39 Å². The Morgan fingerprint density at radius 1 is 1.47 bits per heavy atom. The molecule has 1 saturated carbocycles. The molecular formula is C15H22FN3. The van der Waals surface area contributed by atoms with E-state index in [4.69, 9.17) is 11.1 Å². The average Bonchev–Trinajstić information content (AvgIpc) is 3.20. The van der Waals surface area contributed by atoms with Crippen molar-refractivity contribution in [1.29, 1.82) is 5.41 Å². The van der Waals surface area contributed by atoms with Crippen LogP contribution in [0.3, 0.4) is 0 Å². The molecule has 0 heterocycles. The largest absolute Gasteiger partial charge is 0.384 e. The van der Waals surface area contributed by atoms with Gasteiger partial charge in [0.2, 0.25) is 0 Å². The third-order valence-electron chi connectivity index (χ3n) is 3.60. The second-order valence-corrected chi connectivity index (χ2v) is 5.27. The average molecular weight is 263 g/mol. The van der Waals surface area contributed by atoms with Crippen molar-refractivity contribution < 1.29 is 4.39 Å². The number of benzene rings is 1. The fraction of sp³-hybridized carbons (Fsp3) is 0.533. The number of unbranched alkanes of at least 4 members (excludes halogenated alkanes) is 1. The SMILES string of the molecule is CCCCN(Cc1ccc(F)cc1C(=N)N)C1CC1. The maximum Gasteiger partial charge on any atom is 0.123 e. The van der Waals surface area contributed by atoms with Gasteiger partial charge in [0.25, 0.3) is 0 Å². The highest BCUT2D eigenvalue weighted by atomic mass is 19.1. The summed E-state index contributed by atoms with van der Waals surface area (Å²) in [5.41, 5.74) is 7.03. The van der Waals surface area contributed by atoms with E-state index < -0.39 is 0 Å². The molecule has 0 atom stereocenters. The number of halogens is 1. The van der Waals surface area contributed by atoms with Crippen LogP contribution in [-0.4, -0.2) is 23.3 Å². The molecule has 0 unspecified atom stereocenters. The Balaban J connectivity index is 2.13. The summed E-state index contributed by atoms with van der Waals surface area (Å²) in [5.74, 6) is -0.388. The standard InChI is InChI=1S/C15H22FN3/c1-2-3-8-19(13-6-7-13)10-11-4-5-12(16)9-14(11)15(17)18/h4-5,9,13H,2-3,6-8,10H2,1H3,(H3,17,18). The Hall–Kier alpha value is -1.42. The zero-order chi connectivity index (χ0) is 13.8. The zero-order valence-corrected chi connectivity index (χ0v) is 11.5. The summed E-state index contributed by atoms with van der Waals surface area (Å²) in [4.78, 5) is 2.43. The second kappa shape index (κ2) is 6.15. The lowest BCUT2D eigenvalue weighted by Crippen LogP contribution is -2.28. The number of nitrogens with two attached hydrogens (primary N) is 1. The maximum absolute atomic E-state index is 13.3. The second-order valence-electron chi connectivity index (χ2n) is 5.27. The van der Waals surface area contributed by atoms with Gasteiger partial charge in [0.15, 0.2) is 0 Å². The molecule has 0 saturated heterocycles. The minimum atomic E-state index is -0.333. The van der Waals surface area contributed by atoms with E-state index in [1.807, 2.05) is 0 Å². The molecule has 0 amide bonds. The normalized spacial score (nSPS) is 14.9. The van der Waals surface area contributed by atoms with E-state index in [2.05, 4.69) is 11.8 Å². The number of nitrogens with one attached hydrogen (secondary N) is 1. The van der Waals surface area contributed by atoms with Gasteiger partial charge < -0.3 is 5.73 Å². The van der Waals surface area contributed by atoms with Gasteiger partial charge in [-0.15, -0.1) is 0 Å². The van der Waals surface area contributed by atoms with E-state index in [9.17, 15) is 4.39 Å². The van der Waals surface area contributed by atoms with Crippen LogP contribution >= 0.6 is 0 Å². The van der Waals surface area contributed by atoms with Gasteiger partial charge in [-0.3, -0.25) is 10.3 Å². The van der Waals surface area contributed by atoms with Gasteiger partial charge in [0.1, 0.15) is 11.7 Å². The van der Waals surface area contributed by atoms with Gasteiger partial charge in [0, 0.05) is 18.2 Å². The Bertz CT molecular complexity index is 455. The molecule has 0 bridgehead atoms. The van der Waals surface area contributed by atoms with Crippen LogP contribution < -0.4 is 5.73 Å². The molecule has 104 valence electrons. The molecule has 1 aliphatic carbocycles. The summed E-state index contributed by atoms with van der Waals surface area (Å²) >= 11 is 0. The van der Waals surface area contributed by atoms with Crippen LogP contribution in [0.5, 0.6) is 0 Å². The van der Waals surface area contributed by atoms with Gasteiger partial charge in [-0.25, -0.2) is 4.39 Å². The Morgan fingerprint density at radius 3 is 2.79 bits per heavy atom. The molecule has 1 fully saturated rings. The first-order valence-corrected chi connectivity index (χ1v) is 6.98. The molecule has 19 heavy (non-hydrogen) atoms. The maximum atomic E-state index is 13.3. The quantitative estimate of drug-likeness (QED) is 0.587. The van der Waals surface area contributed by atoms with E-state index in [-0.39, 0.29) is 11.7 Å². The van der Waals surface area contributed by atoms with E-state index in [1.165, 1.54) is 37.8 Å². The van der Waals surface area contributed by atoms with Crippen LogP contribution in [0.1, 0.15) is 43.7 Å². The zero-order valence-electron chi connectivity index (χ0n) is 11.5. The highest BCUT2D eigenvalue weighted by molar-refractivity contribution is 5.96. The van der Waals surface area contributed by atoms with Crippen molar-refractivity contribution in [3.63, 3.8) is 0 Å². The first-order valence-electron chi connectivity index (χ1n) is 6.98. The van der Waals surface area contributed by atoms with Gasteiger partial charge in [-0.1, -0.05) is 19.4 Å². The minimum Gasteiger partial charge on any atom is -0.384 e. The fourth-order valence-electron chi connectivity index (χ4n) is 2.35. The van der Waals surface area contributed by atoms with Crippen LogP contribution in [0.15, 0.2) is 18.2 Å². The number of nitrogens with zero attached hydrogens (tertiary/aromatic N) is 1. The predicted molar refractivity (Wildman–Crippen MR) is 75.8 cm³/mol. The Morgan fingerprint density at radius 2 is 2.21 bits per heavy atom. The summed E-state index contributed by atoms with van der Waals surface area (Å²) in [7, 11) is 0. The van der Waals surface area contributed by atoms with Gasteiger partial charge in [-0.2, -0.15) is 0 Å². The highest BCUT2D eigenvalue weighted by Gasteiger charge is 2.28. The number of nitrogen functional groups attached to an aromatic ring is 1. The van der Waals surface area contributed by atoms with Gasteiger partial charge in [-0.05, 0) is 43.5 Å². The summed E-state index contributed by atoms with van der Waals surface area (Å²) in [6.07, 6.45) is 4.85. The lowest BCUT2D eigenvalue weighted by atomic mass is 10.1. The summed E-state index contributed by atoms with van der Waals surface area (Å²) in [6, 6.07) is 5.24. The molecule has 3 nitrogen and oxygen atoms in total. The summed E-state index contributed by atoms with van der Waals surface area (Å²) in [5, 5.41) is 7.57. The van der Waals surface area contributed by atoms with Crippen molar-refractivity contribution in [2.24, 2.45) is 5.73 Å². The van der Waals surface area contributed by atoms with Crippen molar-refractivity contribution >= 4 is 5.84 Å². The molecule has 1 aliphatic rings. The van der Waals surface area contributed by atoms with E-state index in [0.717, 1.165) is 18.7 Å². The molecule has 0 aliphatic heterocycles. The third-order valence-corrected chi connectivity index (χ3v) is 3.60. The minimum absolute atomic E-state index is 0.0549. The van der Waals surface area contributed by atoms with Crippen LogP contribution in [0.2, 0.25) is 0 Å². The predicted octanol–water partition coefficient (Wildman–Crippen LogP) is 2.87. The van der Waals surface area contributed by atoms with E-state index >= 15 is 0 Å². The molecule has 3 N–H and O–H groups in total. The van der Waals surface area contributed by atoms with Gasteiger partial charge in [0.05, 0.1) is 0 Å². The van der Waals surface area contributed by atoms with Crippen molar-refractivity contribution in [2.45, 2.75) is 45.2 Å². The number of rotatable bonds is 7. The Kier molecular flexibility index (Phi) is 4.53. The lowest BCUT2D eigenvalue weighted by molar-refractivity contribution is 0.250. The number of hydrogen-bond donors (Lipinski definition) is 2. The summed E-state index contributed by atoms with van der Waals surface area (Å²) < 4.78 is 13.3. The van der Waals surface area contributed by atoms with Crippen molar-refractivity contribution in [1.82, 2.24) is 4.90 Å². The molecule has 2 rings (SSSR count). The smallest absolute Gasteiger partial charge is 0.123 e. The summed E-state index contributed by atoms with van der Waals surface area (Å²) in [6.45, 7) is 4.01. The van der Waals surface area contributed by atoms with E-state index in [1.54, 1.807) is 6.07 Å². The molecule has 0 aromatic heterocycles. The van der Waals surface area contributed by atoms with E-state index in [0.29, 0.717) is 11.6 Å². The van der Waals surface area contributed by atoms with Crippen LogP contribution in [0, 0.1) is 11.2 Å². The lowest BCUT2D eigenvalue weighted by Gasteiger charge is -2.23. The topological polar surface area (TPSA) is 53.1 Å². The fourth-order valence-corrected chi connectivity index (χ4v) is 2.35. The van der Waals surface area contributed by atoms with Crippen LogP contribution in [0.25, 0.3) is 0 Å². The van der Waals surface area contributed by atoms with Gasteiger partial charge >= 0.3 is 0 Å². The molecule has 1 aromatic carbocycles. The molecular weight excluding hydrogens is 241 g/mol. The number of hydrogen-bond acceptors (Lipinski definition) is 2. The monoisotopic (exact) mass is 263 g/mol. The third kappa shape index (κ3) is 3.77.